The molecule has 0 saturated carbocycles. The summed E-state index contributed by atoms with van der Waals surface area (Å²) in [5.41, 5.74) is 0.923. The Labute approximate surface area is 107 Å². The van der Waals surface area contributed by atoms with Gasteiger partial charge in [-0.15, -0.1) is 0 Å². The molecule has 0 atom stereocenters. The second kappa shape index (κ2) is 5.09. The third-order valence-corrected chi connectivity index (χ3v) is 2.52. The Morgan fingerprint density at radius 3 is 2.65 bits per heavy atom. The number of pyridine rings is 1. The number of aryl methyl sites for hydroxylation is 1. The Bertz CT molecular complexity index is 517. The molecule has 6 heteroatoms. The molecule has 0 aliphatic carbocycles. The SMILES string of the molecule is COc1nc(Oc2ccc(C)nc2)ncc1Br. The molecule has 2 aromatic heterocycles. The molecular formula is C11H10BrN3O2. The molecular weight excluding hydrogens is 286 g/mol. The quantitative estimate of drug-likeness (QED) is 0.871. The molecule has 2 aromatic rings. The van der Waals surface area contributed by atoms with Crippen LogP contribution in [0.25, 0.3) is 0 Å². The molecule has 0 aliphatic rings. The zero-order valence-corrected chi connectivity index (χ0v) is 10.9. The number of aromatic nitrogens is 3. The standard InChI is InChI=1S/C11H10BrN3O2/c1-7-3-4-8(5-13-7)17-11-14-6-9(12)10(15-11)16-2/h3-6H,1-2H3. The van der Waals surface area contributed by atoms with Crippen molar-refractivity contribution in [2.45, 2.75) is 6.92 Å². The van der Waals surface area contributed by atoms with Crippen molar-refractivity contribution in [3.63, 3.8) is 0 Å². The number of hydrogen-bond acceptors (Lipinski definition) is 5. The van der Waals surface area contributed by atoms with Gasteiger partial charge in [-0.25, -0.2) is 4.98 Å². The lowest BCUT2D eigenvalue weighted by Gasteiger charge is -2.05. The molecule has 88 valence electrons. The smallest absolute Gasteiger partial charge is 0.325 e. The normalized spacial score (nSPS) is 10.1. The van der Waals surface area contributed by atoms with Crippen molar-refractivity contribution in [3.8, 4) is 17.6 Å². The van der Waals surface area contributed by atoms with Gasteiger partial charge in [0.05, 0.1) is 24.0 Å². The van der Waals surface area contributed by atoms with Gasteiger partial charge in [-0.05, 0) is 35.0 Å². The van der Waals surface area contributed by atoms with Gasteiger partial charge in [-0.2, -0.15) is 4.98 Å². The van der Waals surface area contributed by atoms with Crippen LogP contribution in [0, 0.1) is 6.92 Å². The third kappa shape index (κ3) is 2.91. The van der Waals surface area contributed by atoms with E-state index < -0.39 is 0 Å². The van der Waals surface area contributed by atoms with Crippen molar-refractivity contribution in [1.29, 1.82) is 0 Å². The number of nitrogens with zero attached hydrogens (tertiary/aromatic N) is 3. The van der Waals surface area contributed by atoms with E-state index in [1.165, 1.54) is 7.11 Å². The minimum atomic E-state index is 0.218. The number of methoxy groups -OCH3 is 1. The molecule has 0 spiro atoms. The van der Waals surface area contributed by atoms with Crippen molar-refractivity contribution >= 4 is 15.9 Å². The maximum atomic E-state index is 5.45. The average Bonchev–Trinajstić information content (AvgIpc) is 2.34. The monoisotopic (exact) mass is 295 g/mol. The van der Waals surface area contributed by atoms with E-state index in [0.717, 1.165) is 5.69 Å². The van der Waals surface area contributed by atoms with Crippen LogP contribution in [0.2, 0.25) is 0 Å². The molecule has 5 nitrogen and oxygen atoms in total. The fourth-order valence-corrected chi connectivity index (χ4v) is 1.50. The lowest BCUT2D eigenvalue weighted by atomic mass is 10.4. The summed E-state index contributed by atoms with van der Waals surface area (Å²) in [4.78, 5) is 12.2. The first kappa shape index (κ1) is 11.8. The molecule has 2 heterocycles. The molecule has 0 aromatic carbocycles. The van der Waals surface area contributed by atoms with Crippen LogP contribution in [0.1, 0.15) is 5.69 Å². The number of ether oxygens (including phenoxy) is 2. The van der Waals surface area contributed by atoms with E-state index in [-0.39, 0.29) is 6.01 Å². The Hall–Kier alpha value is -1.69. The van der Waals surface area contributed by atoms with Crippen LogP contribution in [0.15, 0.2) is 29.0 Å². The van der Waals surface area contributed by atoms with Gasteiger partial charge < -0.3 is 9.47 Å². The van der Waals surface area contributed by atoms with Crippen LogP contribution in [-0.2, 0) is 0 Å². The predicted octanol–water partition coefficient (Wildman–Crippen LogP) is 2.74. The highest BCUT2D eigenvalue weighted by Crippen LogP contribution is 2.25. The van der Waals surface area contributed by atoms with E-state index in [2.05, 4.69) is 30.9 Å². The van der Waals surface area contributed by atoms with E-state index in [1.807, 2.05) is 13.0 Å². The first-order chi connectivity index (χ1) is 8.19. The van der Waals surface area contributed by atoms with Crippen LogP contribution in [0.5, 0.6) is 17.6 Å². The van der Waals surface area contributed by atoms with E-state index in [9.17, 15) is 0 Å². The van der Waals surface area contributed by atoms with Crippen LogP contribution in [-0.4, -0.2) is 22.1 Å². The summed E-state index contributed by atoms with van der Waals surface area (Å²) < 4.78 is 11.2. The number of hydrogen-bond donors (Lipinski definition) is 0. The van der Waals surface area contributed by atoms with Gasteiger partial charge in [0.15, 0.2) is 0 Å². The van der Waals surface area contributed by atoms with Crippen LogP contribution < -0.4 is 9.47 Å². The van der Waals surface area contributed by atoms with Crippen LogP contribution in [0.3, 0.4) is 0 Å². The molecule has 0 amide bonds. The second-order valence-corrected chi connectivity index (χ2v) is 4.10. The lowest BCUT2D eigenvalue weighted by molar-refractivity contribution is 0.373. The van der Waals surface area contributed by atoms with Crippen molar-refractivity contribution < 1.29 is 9.47 Å². The Morgan fingerprint density at radius 2 is 2.00 bits per heavy atom. The summed E-state index contributed by atoms with van der Waals surface area (Å²) in [5.74, 6) is 1.01. The van der Waals surface area contributed by atoms with Crippen molar-refractivity contribution in [2.75, 3.05) is 7.11 Å². The molecule has 2 rings (SSSR count). The van der Waals surface area contributed by atoms with E-state index >= 15 is 0 Å². The highest BCUT2D eigenvalue weighted by molar-refractivity contribution is 9.10. The summed E-state index contributed by atoms with van der Waals surface area (Å²) >= 11 is 3.27. The summed E-state index contributed by atoms with van der Waals surface area (Å²) in [7, 11) is 1.53. The Balaban J connectivity index is 2.21. The molecule has 0 fully saturated rings. The maximum absolute atomic E-state index is 5.45. The second-order valence-electron chi connectivity index (χ2n) is 3.25. The van der Waals surface area contributed by atoms with Crippen molar-refractivity contribution in [3.05, 3.63) is 34.7 Å². The maximum Gasteiger partial charge on any atom is 0.325 e. The van der Waals surface area contributed by atoms with Crippen LogP contribution >= 0.6 is 15.9 Å². The summed E-state index contributed by atoms with van der Waals surface area (Å²) in [6.45, 7) is 1.91. The minimum absolute atomic E-state index is 0.218. The molecule has 0 saturated heterocycles. The van der Waals surface area contributed by atoms with Gasteiger partial charge in [0.2, 0.25) is 5.88 Å². The fourth-order valence-electron chi connectivity index (χ4n) is 1.15. The zero-order chi connectivity index (χ0) is 12.3. The summed E-state index contributed by atoms with van der Waals surface area (Å²) in [6.07, 6.45) is 3.19. The van der Waals surface area contributed by atoms with E-state index in [4.69, 9.17) is 9.47 Å². The number of halogens is 1. The lowest BCUT2D eigenvalue weighted by Crippen LogP contribution is -1.96. The Morgan fingerprint density at radius 1 is 1.18 bits per heavy atom. The molecule has 0 unspecified atom stereocenters. The molecule has 0 bridgehead atoms. The van der Waals surface area contributed by atoms with E-state index in [1.54, 1.807) is 18.5 Å². The van der Waals surface area contributed by atoms with Gasteiger partial charge in [-0.1, -0.05) is 0 Å². The van der Waals surface area contributed by atoms with Gasteiger partial charge in [0.25, 0.3) is 0 Å². The molecule has 0 aliphatic heterocycles. The first-order valence-corrected chi connectivity index (χ1v) is 5.65. The van der Waals surface area contributed by atoms with Crippen molar-refractivity contribution in [2.24, 2.45) is 0 Å². The fraction of sp³-hybridized carbons (Fsp3) is 0.182. The third-order valence-electron chi connectivity index (χ3n) is 1.98. The highest BCUT2D eigenvalue weighted by atomic mass is 79.9. The first-order valence-electron chi connectivity index (χ1n) is 4.86. The van der Waals surface area contributed by atoms with Crippen LogP contribution in [0.4, 0.5) is 0 Å². The topological polar surface area (TPSA) is 57.1 Å². The van der Waals surface area contributed by atoms with Crippen molar-refractivity contribution in [1.82, 2.24) is 15.0 Å². The zero-order valence-electron chi connectivity index (χ0n) is 9.35. The van der Waals surface area contributed by atoms with Gasteiger partial charge in [0, 0.05) is 5.69 Å². The molecule has 0 radical (unpaired) electrons. The minimum Gasteiger partial charge on any atom is -0.480 e. The van der Waals surface area contributed by atoms with Gasteiger partial charge >= 0.3 is 6.01 Å². The molecule has 17 heavy (non-hydrogen) atoms. The predicted molar refractivity (Wildman–Crippen MR) is 65.3 cm³/mol. The summed E-state index contributed by atoms with van der Waals surface area (Å²) in [6, 6.07) is 3.88. The van der Waals surface area contributed by atoms with Gasteiger partial charge in [-0.3, -0.25) is 4.98 Å². The number of rotatable bonds is 3. The van der Waals surface area contributed by atoms with Gasteiger partial charge in [0.1, 0.15) is 5.75 Å². The summed E-state index contributed by atoms with van der Waals surface area (Å²) in [5, 5.41) is 0. The Kier molecular flexibility index (Phi) is 3.53. The largest absolute Gasteiger partial charge is 0.480 e. The molecule has 0 N–H and O–H groups in total. The van der Waals surface area contributed by atoms with E-state index in [0.29, 0.717) is 16.1 Å². The highest BCUT2D eigenvalue weighted by Gasteiger charge is 2.06. The average molecular weight is 296 g/mol.